The van der Waals surface area contributed by atoms with Crippen molar-refractivity contribution in [2.45, 2.75) is 65.3 Å². The minimum Gasteiger partial charge on any atom is -0.501 e. The van der Waals surface area contributed by atoms with Gasteiger partial charge in [0.2, 0.25) is 5.76 Å². The summed E-state index contributed by atoms with van der Waals surface area (Å²) in [6.07, 6.45) is 16.7. The van der Waals surface area contributed by atoms with Crippen LogP contribution in [0.2, 0.25) is 0 Å². The normalized spacial score (nSPS) is 21.6. The van der Waals surface area contributed by atoms with Crippen molar-refractivity contribution < 1.29 is 19.8 Å². The van der Waals surface area contributed by atoms with Gasteiger partial charge in [-0.1, -0.05) is 57.4 Å². The molecule has 0 aromatic carbocycles. The molecule has 2 rings (SSSR count). The number of hydrogen-bond donors (Lipinski definition) is 5. The lowest BCUT2D eigenvalue weighted by Crippen LogP contribution is -2.51. The van der Waals surface area contributed by atoms with Crippen molar-refractivity contribution in [2.75, 3.05) is 26.7 Å². The first-order valence-corrected chi connectivity index (χ1v) is 12.8. The number of nitrogens with zero attached hydrogens (tertiary/aromatic N) is 1. The second kappa shape index (κ2) is 13.8. The Hall–Kier alpha value is -3.13. The van der Waals surface area contributed by atoms with Crippen molar-refractivity contribution in [2.24, 2.45) is 5.41 Å². The minimum atomic E-state index is -0.673. The summed E-state index contributed by atoms with van der Waals surface area (Å²) in [6, 6.07) is -0.0267. The Kier molecular flexibility index (Phi) is 11.2. The van der Waals surface area contributed by atoms with E-state index < -0.39 is 17.6 Å². The molecular formula is C28H42N4O4. The van der Waals surface area contributed by atoms with Gasteiger partial charge in [0.15, 0.2) is 0 Å². The summed E-state index contributed by atoms with van der Waals surface area (Å²) in [5, 5.41) is 33.2. The maximum absolute atomic E-state index is 12.7. The van der Waals surface area contributed by atoms with Crippen LogP contribution >= 0.6 is 0 Å². The highest BCUT2D eigenvalue weighted by Gasteiger charge is 2.31. The standard InChI is InChI=1S/C28H42N4O4/c1-5-6-9-13-28(3,23-11-8-7-10-21(17-23)22(18-29)12-16-33)14-15-30-26(35)25(34)24-27(36)32(4)20(2)19-31-24/h8,10-12,17-18,20,29,31,33-34H,5-7,9,13-16,19H2,1-4H3,(H,30,35)/b22-12?,25-24+,29-18?. The SMILES string of the molecule is CCCCCC(C)(CCNC(=O)/C(O)=C1\NCC(C)N(C)C1=O)C1=CC(C(C=N)=CCO)=CCC=C1. The number of nitrogens with one attached hydrogen (secondary N) is 3. The highest BCUT2D eigenvalue weighted by Crippen LogP contribution is 2.39. The van der Waals surface area contributed by atoms with E-state index >= 15 is 0 Å². The maximum Gasteiger partial charge on any atom is 0.288 e. The predicted molar refractivity (Wildman–Crippen MR) is 144 cm³/mol. The average molecular weight is 499 g/mol. The molecular weight excluding hydrogens is 456 g/mol. The Labute approximate surface area is 215 Å². The van der Waals surface area contributed by atoms with Gasteiger partial charge in [0.05, 0.1) is 6.61 Å². The monoisotopic (exact) mass is 498 g/mol. The van der Waals surface area contributed by atoms with Crippen molar-refractivity contribution >= 4 is 18.0 Å². The van der Waals surface area contributed by atoms with Crippen molar-refractivity contribution in [1.82, 2.24) is 15.5 Å². The number of aliphatic hydroxyl groups is 2. The molecule has 2 atom stereocenters. The van der Waals surface area contributed by atoms with Gasteiger partial charge < -0.3 is 31.2 Å². The first-order valence-electron chi connectivity index (χ1n) is 12.8. The van der Waals surface area contributed by atoms with Crippen molar-refractivity contribution in [3.63, 3.8) is 0 Å². The summed E-state index contributed by atoms with van der Waals surface area (Å²) < 4.78 is 0. The molecule has 0 aromatic rings. The van der Waals surface area contributed by atoms with Crippen LogP contribution in [0.3, 0.4) is 0 Å². The minimum absolute atomic E-state index is 0.0267. The van der Waals surface area contributed by atoms with Crippen LogP contribution in [0.5, 0.6) is 0 Å². The van der Waals surface area contributed by atoms with Gasteiger partial charge in [-0.3, -0.25) is 9.59 Å². The number of amides is 2. The second-order valence-corrected chi connectivity index (χ2v) is 9.78. The molecule has 0 aromatic heterocycles. The van der Waals surface area contributed by atoms with Crippen LogP contribution in [0.4, 0.5) is 0 Å². The lowest BCUT2D eigenvalue weighted by Gasteiger charge is -2.33. The van der Waals surface area contributed by atoms with E-state index in [-0.39, 0.29) is 23.8 Å². The van der Waals surface area contributed by atoms with Crippen LogP contribution in [-0.4, -0.2) is 65.9 Å². The van der Waals surface area contributed by atoms with Gasteiger partial charge in [-0.25, -0.2) is 0 Å². The molecule has 0 saturated carbocycles. The van der Waals surface area contributed by atoms with E-state index in [1.807, 2.05) is 13.0 Å². The molecule has 8 nitrogen and oxygen atoms in total. The molecule has 0 radical (unpaired) electrons. The highest BCUT2D eigenvalue weighted by molar-refractivity contribution is 6.03. The summed E-state index contributed by atoms with van der Waals surface area (Å²) in [5.41, 5.74) is 2.34. The van der Waals surface area contributed by atoms with Gasteiger partial charge in [0, 0.05) is 32.4 Å². The average Bonchev–Trinajstić information content (AvgIpc) is 3.12. The van der Waals surface area contributed by atoms with Gasteiger partial charge in [-0.15, -0.1) is 0 Å². The number of allylic oxidation sites excluding steroid dienone is 7. The number of piperazine rings is 1. The van der Waals surface area contributed by atoms with Gasteiger partial charge in [0.25, 0.3) is 11.8 Å². The van der Waals surface area contributed by atoms with Crippen LogP contribution in [-0.2, 0) is 9.59 Å². The first kappa shape index (κ1) is 29.1. The maximum atomic E-state index is 12.7. The molecule has 0 spiro atoms. The fourth-order valence-electron chi connectivity index (χ4n) is 4.45. The van der Waals surface area contributed by atoms with E-state index in [1.54, 1.807) is 13.1 Å². The Morgan fingerprint density at radius 1 is 1.36 bits per heavy atom. The van der Waals surface area contributed by atoms with E-state index in [9.17, 15) is 19.8 Å². The fraction of sp³-hybridized carbons (Fsp3) is 0.536. The lowest BCUT2D eigenvalue weighted by atomic mass is 9.74. The number of rotatable bonds is 12. The smallest absolute Gasteiger partial charge is 0.288 e. The van der Waals surface area contributed by atoms with Crippen molar-refractivity contribution in [3.8, 4) is 0 Å². The summed E-state index contributed by atoms with van der Waals surface area (Å²) in [5.74, 6) is -1.67. The van der Waals surface area contributed by atoms with E-state index in [0.717, 1.165) is 43.3 Å². The molecule has 2 amide bonds. The molecule has 198 valence electrons. The molecule has 36 heavy (non-hydrogen) atoms. The molecule has 1 heterocycles. The first-order chi connectivity index (χ1) is 17.2. The molecule has 1 saturated heterocycles. The number of aliphatic hydroxyl groups excluding tert-OH is 2. The highest BCUT2D eigenvalue weighted by atomic mass is 16.3. The Bertz CT molecular complexity index is 976. The van der Waals surface area contributed by atoms with Gasteiger partial charge >= 0.3 is 0 Å². The summed E-state index contributed by atoms with van der Waals surface area (Å²) >= 11 is 0. The molecule has 1 aliphatic carbocycles. The van der Waals surface area contributed by atoms with E-state index in [4.69, 9.17) is 5.41 Å². The topological polar surface area (TPSA) is 126 Å². The summed E-state index contributed by atoms with van der Waals surface area (Å²) in [7, 11) is 1.65. The molecule has 2 aliphatic rings. The molecule has 2 unspecified atom stereocenters. The Morgan fingerprint density at radius 3 is 2.78 bits per heavy atom. The van der Waals surface area contributed by atoms with Crippen LogP contribution in [0.25, 0.3) is 0 Å². The van der Waals surface area contributed by atoms with Crippen LogP contribution in [0.1, 0.15) is 59.3 Å². The van der Waals surface area contributed by atoms with Crippen LogP contribution in [0.15, 0.2) is 58.6 Å². The molecule has 1 aliphatic heterocycles. The summed E-state index contributed by atoms with van der Waals surface area (Å²) in [4.78, 5) is 26.7. The molecule has 8 heteroatoms. The third-order valence-corrected chi connectivity index (χ3v) is 7.10. The molecule has 5 N–H and O–H groups in total. The van der Waals surface area contributed by atoms with E-state index in [1.165, 1.54) is 11.1 Å². The lowest BCUT2D eigenvalue weighted by molar-refractivity contribution is -0.130. The third kappa shape index (κ3) is 7.43. The Balaban J connectivity index is 2.21. The fourth-order valence-corrected chi connectivity index (χ4v) is 4.45. The van der Waals surface area contributed by atoms with Gasteiger partial charge in [0.1, 0.15) is 5.70 Å². The third-order valence-electron chi connectivity index (χ3n) is 7.10. The number of unbranched alkanes of at least 4 members (excludes halogenated alkanes) is 2. The zero-order valence-corrected chi connectivity index (χ0v) is 22.1. The van der Waals surface area contributed by atoms with Crippen LogP contribution < -0.4 is 10.6 Å². The predicted octanol–water partition coefficient (Wildman–Crippen LogP) is 3.68. The van der Waals surface area contributed by atoms with Crippen molar-refractivity contribution in [3.05, 3.63) is 58.6 Å². The summed E-state index contributed by atoms with van der Waals surface area (Å²) in [6.45, 7) is 6.88. The number of likely N-dealkylation sites (N-methyl/N-ethyl adjacent to an activating group) is 1. The van der Waals surface area contributed by atoms with Gasteiger partial charge in [-0.2, -0.15) is 0 Å². The number of carbonyl (C=O) groups excluding carboxylic acids is 2. The van der Waals surface area contributed by atoms with Gasteiger partial charge in [-0.05, 0) is 54.4 Å². The van der Waals surface area contributed by atoms with Crippen LogP contribution in [0, 0.1) is 10.8 Å². The Morgan fingerprint density at radius 2 is 2.11 bits per heavy atom. The zero-order chi connectivity index (χ0) is 26.7. The quantitative estimate of drug-likeness (QED) is 0.121. The van der Waals surface area contributed by atoms with E-state index in [2.05, 4.69) is 42.7 Å². The number of hydrogen-bond acceptors (Lipinski definition) is 6. The molecule has 0 bridgehead atoms. The van der Waals surface area contributed by atoms with Crippen molar-refractivity contribution in [1.29, 1.82) is 5.41 Å². The molecule has 1 fully saturated rings. The second-order valence-electron chi connectivity index (χ2n) is 9.78. The zero-order valence-electron chi connectivity index (χ0n) is 22.1. The van der Waals surface area contributed by atoms with E-state index in [0.29, 0.717) is 25.1 Å². The number of carbonyl (C=O) groups is 2. The largest absolute Gasteiger partial charge is 0.501 e.